The summed E-state index contributed by atoms with van der Waals surface area (Å²) in [5.74, 6) is -2.95. The third-order valence-corrected chi connectivity index (χ3v) is 10.5. The fourth-order valence-electron chi connectivity index (χ4n) is 4.50. The molecule has 3 aliphatic rings. The largest absolute Gasteiger partial charge is 0.340 e. The number of amides is 2. The van der Waals surface area contributed by atoms with Crippen molar-refractivity contribution in [2.24, 2.45) is 11.8 Å². The fraction of sp³-hybridized carbons (Fsp3) is 0.571. The number of nitriles is 1. The van der Waals surface area contributed by atoms with Gasteiger partial charge in [0.2, 0.25) is 11.8 Å². The molecular weight excluding hydrogens is 454 g/mol. The molecule has 1 aromatic carbocycles. The highest BCUT2D eigenvalue weighted by molar-refractivity contribution is 7.92. The number of nitrogens with one attached hydrogen (secondary N) is 1. The van der Waals surface area contributed by atoms with E-state index in [1.165, 1.54) is 17.0 Å². The van der Waals surface area contributed by atoms with Gasteiger partial charge >= 0.3 is 0 Å². The second-order valence-corrected chi connectivity index (χ2v) is 13.4. The maximum absolute atomic E-state index is 13.3. The summed E-state index contributed by atoms with van der Waals surface area (Å²) < 4.78 is 49.9. The zero-order valence-corrected chi connectivity index (χ0v) is 19.1. The average Bonchev–Trinajstić information content (AvgIpc) is 3.39. The van der Waals surface area contributed by atoms with Crippen molar-refractivity contribution in [2.75, 3.05) is 24.6 Å². The van der Waals surface area contributed by atoms with Crippen molar-refractivity contribution in [1.82, 2.24) is 10.2 Å². The smallest absolute Gasteiger partial charge is 0.226 e. The first-order valence-electron chi connectivity index (χ1n) is 10.6. The van der Waals surface area contributed by atoms with Gasteiger partial charge in [-0.3, -0.25) is 9.59 Å². The van der Waals surface area contributed by atoms with Gasteiger partial charge in [0.05, 0.1) is 39.6 Å². The minimum atomic E-state index is -3.77. The molecule has 4 rings (SSSR count). The molecule has 0 spiro atoms. The van der Waals surface area contributed by atoms with Gasteiger partial charge < -0.3 is 10.2 Å². The highest BCUT2D eigenvalue weighted by atomic mass is 32.2. The number of carbonyl (C=O) groups excluding carboxylic acids is 2. The van der Waals surface area contributed by atoms with E-state index in [9.17, 15) is 31.7 Å². The standard InChI is InChI=1S/C21H25N3O6S2/c22-14-21(6-7-21)23-19(25)17-12-16(32(29,30)15-4-2-1-3-5-15)13-18(17)20(26)24-8-10-31(27,28)11-9-24/h1-5,16-18H,6-13H2,(H,23,25)/t16-,17-,18-/m1/s1. The van der Waals surface area contributed by atoms with Gasteiger partial charge in [0.1, 0.15) is 5.54 Å². The minimum absolute atomic E-state index is 0.0169. The van der Waals surface area contributed by atoms with Crippen LogP contribution in [0.3, 0.4) is 0 Å². The Hall–Kier alpha value is -2.45. The molecule has 1 heterocycles. The van der Waals surface area contributed by atoms with Gasteiger partial charge in [0, 0.05) is 13.1 Å². The lowest BCUT2D eigenvalue weighted by atomic mass is 9.93. The van der Waals surface area contributed by atoms with Crippen LogP contribution in [0.1, 0.15) is 25.7 Å². The second-order valence-electron chi connectivity index (χ2n) is 8.82. The lowest BCUT2D eigenvalue weighted by molar-refractivity contribution is -0.140. The molecule has 11 heteroatoms. The molecule has 3 fully saturated rings. The minimum Gasteiger partial charge on any atom is -0.340 e. The van der Waals surface area contributed by atoms with E-state index in [-0.39, 0.29) is 42.3 Å². The normalized spacial score (nSPS) is 28.5. The van der Waals surface area contributed by atoms with E-state index in [0.29, 0.717) is 12.8 Å². The molecule has 1 aliphatic heterocycles. The van der Waals surface area contributed by atoms with Crippen molar-refractivity contribution in [1.29, 1.82) is 5.26 Å². The summed E-state index contributed by atoms with van der Waals surface area (Å²) in [5, 5.41) is 11.1. The van der Waals surface area contributed by atoms with E-state index in [2.05, 4.69) is 11.4 Å². The average molecular weight is 480 g/mol. The van der Waals surface area contributed by atoms with Crippen LogP contribution in [0, 0.1) is 23.2 Å². The van der Waals surface area contributed by atoms with Gasteiger partial charge in [-0.1, -0.05) is 18.2 Å². The molecule has 3 atom stereocenters. The summed E-state index contributed by atoms with van der Waals surface area (Å²) in [4.78, 5) is 27.9. The van der Waals surface area contributed by atoms with E-state index in [4.69, 9.17) is 0 Å². The molecule has 0 radical (unpaired) electrons. The third-order valence-electron chi connectivity index (χ3n) is 6.67. The monoisotopic (exact) mass is 479 g/mol. The Bertz CT molecular complexity index is 1160. The van der Waals surface area contributed by atoms with Crippen LogP contribution in [0.4, 0.5) is 0 Å². The molecule has 0 unspecified atom stereocenters. The molecule has 172 valence electrons. The number of sulfone groups is 2. The summed E-state index contributed by atoms with van der Waals surface area (Å²) in [6.45, 7) is 0.0640. The van der Waals surface area contributed by atoms with Crippen LogP contribution in [-0.2, 0) is 29.3 Å². The number of nitrogens with zero attached hydrogens (tertiary/aromatic N) is 2. The first kappa shape index (κ1) is 22.7. The topological polar surface area (TPSA) is 141 Å². The molecule has 0 bridgehead atoms. The highest BCUT2D eigenvalue weighted by Crippen LogP contribution is 2.41. The SMILES string of the molecule is N#CC1(NC(=O)[C@@H]2C[C@@H](S(=O)(=O)c3ccccc3)C[C@H]2C(=O)N2CCS(=O)(=O)CC2)CC1. The second kappa shape index (κ2) is 8.15. The molecule has 0 aromatic heterocycles. The van der Waals surface area contributed by atoms with Crippen LogP contribution in [-0.4, -0.2) is 68.9 Å². The number of hydrogen-bond acceptors (Lipinski definition) is 7. The Morgan fingerprint density at radius 3 is 2.22 bits per heavy atom. The van der Waals surface area contributed by atoms with Gasteiger partial charge in [-0.05, 0) is 37.8 Å². The number of carbonyl (C=O) groups is 2. The van der Waals surface area contributed by atoms with Crippen molar-refractivity contribution >= 4 is 31.5 Å². The quantitative estimate of drug-likeness (QED) is 0.639. The molecule has 1 saturated heterocycles. The van der Waals surface area contributed by atoms with E-state index in [1.807, 2.05) is 0 Å². The number of benzene rings is 1. The zero-order valence-electron chi connectivity index (χ0n) is 17.4. The Morgan fingerprint density at radius 1 is 1.06 bits per heavy atom. The molecule has 9 nitrogen and oxygen atoms in total. The predicted octanol–water partition coefficient (Wildman–Crippen LogP) is 0.284. The van der Waals surface area contributed by atoms with Crippen LogP contribution in [0.15, 0.2) is 35.2 Å². The Morgan fingerprint density at radius 2 is 1.66 bits per heavy atom. The van der Waals surface area contributed by atoms with Crippen molar-refractivity contribution in [3.8, 4) is 6.07 Å². The first-order valence-corrected chi connectivity index (χ1v) is 14.0. The Balaban J connectivity index is 1.59. The van der Waals surface area contributed by atoms with Gasteiger partial charge in [0.15, 0.2) is 19.7 Å². The Kier molecular flexibility index (Phi) is 5.79. The maximum atomic E-state index is 13.3. The summed E-state index contributed by atoms with van der Waals surface area (Å²) in [5.41, 5.74) is -0.930. The van der Waals surface area contributed by atoms with Gasteiger partial charge in [-0.15, -0.1) is 0 Å². The molecule has 32 heavy (non-hydrogen) atoms. The van der Waals surface area contributed by atoms with Crippen molar-refractivity contribution in [3.63, 3.8) is 0 Å². The third kappa shape index (κ3) is 4.38. The summed E-state index contributed by atoms with van der Waals surface area (Å²) in [6.07, 6.45) is 1.01. The fourth-order valence-corrected chi connectivity index (χ4v) is 7.54. The highest BCUT2D eigenvalue weighted by Gasteiger charge is 2.52. The predicted molar refractivity (Wildman–Crippen MR) is 115 cm³/mol. The summed E-state index contributed by atoms with van der Waals surface area (Å²) in [7, 11) is -6.96. The van der Waals surface area contributed by atoms with Crippen LogP contribution in [0.25, 0.3) is 0 Å². The Labute approximate surface area is 187 Å². The van der Waals surface area contributed by atoms with Gasteiger partial charge in [-0.25, -0.2) is 16.8 Å². The van der Waals surface area contributed by atoms with Crippen LogP contribution in [0.5, 0.6) is 0 Å². The molecular formula is C21H25N3O6S2. The summed E-state index contributed by atoms with van der Waals surface area (Å²) in [6, 6.07) is 10.00. The van der Waals surface area contributed by atoms with Crippen molar-refractivity contribution in [2.45, 2.75) is 41.4 Å². The van der Waals surface area contributed by atoms with E-state index < -0.39 is 54.1 Å². The lowest BCUT2D eigenvalue weighted by Crippen LogP contribution is -2.49. The van der Waals surface area contributed by atoms with Crippen molar-refractivity contribution in [3.05, 3.63) is 30.3 Å². The summed E-state index contributed by atoms with van der Waals surface area (Å²) >= 11 is 0. The first-order chi connectivity index (χ1) is 15.1. The molecule has 1 aromatic rings. The number of rotatable bonds is 5. The van der Waals surface area contributed by atoms with Gasteiger partial charge in [0.25, 0.3) is 0 Å². The van der Waals surface area contributed by atoms with Crippen LogP contribution < -0.4 is 5.32 Å². The number of hydrogen-bond donors (Lipinski definition) is 1. The molecule has 2 saturated carbocycles. The van der Waals surface area contributed by atoms with Crippen molar-refractivity contribution < 1.29 is 26.4 Å². The van der Waals surface area contributed by atoms with Crippen LogP contribution >= 0.6 is 0 Å². The zero-order chi connectivity index (χ0) is 23.1. The van der Waals surface area contributed by atoms with E-state index >= 15 is 0 Å². The molecule has 2 amide bonds. The van der Waals surface area contributed by atoms with E-state index in [0.717, 1.165) is 0 Å². The van der Waals surface area contributed by atoms with Gasteiger partial charge in [-0.2, -0.15) is 5.26 Å². The van der Waals surface area contributed by atoms with Crippen LogP contribution in [0.2, 0.25) is 0 Å². The maximum Gasteiger partial charge on any atom is 0.226 e. The molecule has 1 N–H and O–H groups in total. The lowest BCUT2D eigenvalue weighted by Gasteiger charge is -2.31. The van der Waals surface area contributed by atoms with E-state index in [1.54, 1.807) is 18.2 Å². The molecule has 2 aliphatic carbocycles.